The summed E-state index contributed by atoms with van der Waals surface area (Å²) in [6.07, 6.45) is 7.07. The SMILES string of the molecule is c1ccc(C2(NCc3ncccc3C3CC3)CC2)cc1. The van der Waals surface area contributed by atoms with Gasteiger partial charge < -0.3 is 5.32 Å². The highest BCUT2D eigenvalue weighted by molar-refractivity contribution is 5.32. The maximum Gasteiger partial charge on any atom is 0.0576 e. The van der Waals surface area contributed by atoms with Crippen molar-refractivity contribution in [3.8, 4) is 0 Å². The van der Waals surface area contributed by atoms with E-state index in [1.165, 1.54) is 42.5 Å². The second-order valence-electron chi connectivity index (χ2n) is 6.12. The molecule has 2 fully saturated rings. The lowest BCUT2D eigenvalue weighted by molar-refractivity contribution is 0.511. The Bertz CT molecular complexity index is 598. The van der Waals surface area contributed by atoms with Crippen LogP contribution in [0, 0.1) is 0 Å². The number of pyridine rings is 1. The molecule has 0 spiro atoms. The zero-order valence-corrected chi connectivity index (χ0v) is 11.7. The first kappa shape index (κ1) is 12.1. The molecular formula is C18H20N2. The quantitative estimate of drug-likeness (QED) is 0.890. The van der Waals surface area contributed by atoms with Gasteiger partial charge in [0.15, 0.2) is 0 Å². The first-order valence-electron chi connectivity index (χ1n) is 7.62. The molecule has 20 heavy (non-hydrogen) atoms. The van der Waals surface area contributed by atoms with Crippen molar-refractivity contribution < 1.29 is 0 Å². The molecule has 1 N–H and O–H groups in total. The van der Waals surface area contributed by atoms with E-state index in [4.69, 9.17) is 0 Å². The van der Waals surface area contributed by atoms with Gasteiger partial charge in [0.25, 0.3) is 0 Å². The summed E-state index contributed by atoms with van der Waals surface area (Å²) in [7, 11) is 0. The minimum atomic E-state index is 0.208. The molecule has 0 bridgehead atoms. The second kappa shape index (κ2) is 4.71. The molecule has 0 radical (unpaired) electrons. The predicted molar refractivity (Wildman–Crippen MR) is 80.4 cm³/mol. The van der Waals surface area contributed by atoms with E-state index in [0.717, 1.165) is 12.5 Å². The maximum atomic E-state index is 4.60. The average Bonchev–Trinajstić information content (AvgIpc) is 3.40. The zero-order chi connectivity index (χ0) is 13.4. The number of benzene rings is 1. The highest BCUT2D eigenvalue weighted by Gasteiger charge is 2.43. The summed E-state index contributed by atoms with van der Waals surface area (Å²) in [5, 5.41) is 3.76. The first-order valence-corrected chi connectivity index (χ1v) is 7.62. The molecule has 102 valence electrons. The normalized spacial score (nSPS) is 19.8. The number of aromatic nitrogens is 1. The Morgan fingerprint density at radius 1 is 1.05 bits per heavy atom. The minimum absolute atomic E-state index is 0.208. The molecule has 0 aliphatic heterocycles. The average molecular weight is 264 g/mol. The molecule has 2 aliphatic rings. The highest BCUT2D eigenvalue weighted by atomic mass is 15.0. The molecule has 0 amide bonds. The summed E-state index contributed by atoms with van der Waals surface area (Å²) in [5.74, 6) is 0.771. The molecule has 1 aromatic carbocycles. The molecule has 4 rings (SSSR count). The minimum Gasteiger partial charge on any atom is -0.302 e. The van der Waals surface area contributed by atoms with Crippen LogP contribution in [0.5, 0.6) is 0 Å². The highest BCUT2D eigenvalue weighted by Crippen LogP contribution is 2.46. The van der Waals surface area contributed by atoms with Crippen LogP contribution in [0.2, 0.25) is 0 Å². The van der Waals surface area contributed by atoms with E-state index in [9.17, 15) is 0 Å². The monoisotopic (exact) mass is 264 g/mol. The fraction of sp³-hybridized carbons (Fsp3) is 0.389. The van der Waals surface area contributed by atoms with Gasteiger partial charge in [-0.1, -0.05) is 36.4 Å². The third kappa shape index (κ3) is 2.25. The number of hydrogen-bond donors (Lipinski definition) is 1. The van der Waals surface area contributed by atoms with E-state index in [1.54, 1.807) is 0 Å². The van der Waals surface area contributed by atoms with Crippen LogP contribution in [-0.2, 0) is 12.1 Å². The van der Waals surface area contributed by atoms with Crippen molar-refractivity contribution in [2.24, 2.45) is 0 Å². The number of hydrogen-bond acceptors (Lipinski definition) is 2. The maximum absolute atomic E-state index is 4.60. The lowest BCUT2D eigenvalue weighted by atomic mass is 10.0. The second-order valence-corrected chi connectivity index (χ2v) is 6.12. The van der Waals surface area contributed by atoms with E-state index < -0.39 is 0 Å². The van der Waals surface area contributed by atoms with Gasteiger partial charge in [-0.05, 0) is 48.8 Å². The van der Waals surface area contributed by atoms with Crippen molar-refractivity contribution >= 4 is 0 Å². The Morgan fingerprint density at radius 2 is 1.85 bits per heavy atom. The Hall–Kier alpha value is -1.67. The first-order chi connectivity index (χ1) is 9.87. The predicted octanol–water partition coefficient (Wildman–Crippen LogP) is 3.74. The van der Waals surface area contributed by atoms with Crippen molar-refractivity contribution in [2.45, 2.75) is 43.7 Å². The topological polar surface area (TPSA) is 24.9 Å². The third-order valence-corrected chi connectivity index (χ3v) is 4.61. The fourth-order valence-electron chi connectivity index (χ4n) is 3.07. The van der Waals surface area contributed by atoms with Gasteiger partial charge in [-0.2, -0.15) is 0 Å². The summed E-state index contributed by atoms with van der Waals surface area (Å²) >= 11 is 0. The van der Waals surface area contributed by atoms with Crippen LogP contribution in [0.1, 0.15) is 48.4 Å². The van der Waals surface area contributed by atoms with Gasteiger partial charge >= 0.3 is 0 Å². The van der Waals surface area contributed by atoms with Crippen LogP contribution < -0.4 is 5.32 Å². The van der Waals surface area contributed by atoms with Crippen LogP contribution in [0.25, 0.3) is 0 Å². The van der Waals surface area contributed by atoms with Crippen molar-refractivity contribution in [1.29, 1.82) is 0 Å². The molecular weight excluding hydrogens is 244 g/mol. The Morgan fingerprint density at radius 3 is 2.55 bits per heavy atom. The van der Waals surface area contributed by atoms with Gasteiger partial charge in [0, 0.05) is 18.3 Å². The Kier molecular flexibility index (Phi) is 2.85. The van der Waals surface area contributed by atoms with Crippen LogP contribution in [0.3, 0.4) is 0 Å². The summed E-state index contributed by atoms with van der Waals surface area (Å²) < 4.78 is 0. The lowest BCUT2D eigenvalue weighted by Crippen LogP contribution is -2.29. The smallest absolute Gasteiger partial charge is 0.0576 e. The Labute approximate surface area is 120 Å². The molecule has 0 unspecified atom stereocenters. The van der Waals surface area contributed by atoms with Crippen LogP contribution in [0.4, 0.5) is 0 Å². The van der Waals surface area contributed by atoms with Crippen molar-refractivity contribution in [1.82, 2.24) is 10.3 Å². The molecule has 0 saturated heterocycles. The molecule has 2 heteroatoms. The van der Waals surface area contributed by atoms with Gasteiger partial charge in [0.1, 0.15) is 0 Å². The van der Waals surface area contributed by atoms with Crippen LogP contribution in [-0.4, -0.2) is 4.98 Å². The van der Waals surface area contributed by atoms with Gasteiger partial charge in [-0.3, -0.25) is 4.98 Å². The molecule has 1 aromatic heterocycles. The van der Waals surface area contributed by atoms with E-state index in [0.29, 0.717) is 0 Å². The molecule has 2 saturated carbocycles. The fourth-order valence-corrected chi connectivity index (χ4v) is 3.07. The zero-order valence-electron chi connectivity index (χ0n) is 11.7. The molecule has 1 heterocycles. The molecule has 2 nitrogen and oxygen atoms in total. The summed E-state index contributed by atoms with van der Waals surface area (Å²) in [6.45, 7) is 0.890. The van der Waals surface area contributed by atoms with E-state index >= 15 is 0 Å². The number of nitrogens with one attached hydrogen (secondary N) is 1. The molecule has 0 atom stereocenters. The van der Waals surface area contributed by atoms with E-state index in [2.05, 4.69) is 52.8 Å². The molecule has 2 aliphatic carbocycles. The van der Waals surface area contributed by atoms with Crippen molar-refractivity contribution in [3.63, 3.8) is 0 Å². The lowest BCUT2D eigenvalue weighted by Gasteiger charge is -2.18. The number of nitrogens with zero attached hydrogens (tertiary/aromatic N) is 1. The number of rotatable bonds is 5. The summed E-state index contributed by atoms with van der Waals surface area (Å²) in [4.78, 5) is 4.60. The largest absolute Gasteiger partial charge is 0.302 e. The third-order valence-electron chi connectivity index (χ3n) is 4.61. The van der Waals surface area contributed by atoms with Crippen LogP contribution >= 0.6 is 0 Å². The van der Waals surface area contributed by atoms with Gasteiger partial charge in [0.05, 0.1) is 5.69 Å². The standard InChI is InChI=1S/C18H20N2/c1-2-5-15(6-3-1)18(10-11-18)20-13-17-16(14-8-9-14)7-4-12-19-17/h1-7,12,14,20H,8-11,13H2. The van der Waals surface area contributed by atoms with Gasteiger partial charge in [-0.25, -0.2) is 0 Å². The Balaban J connectivity index is 1.51. The summed E-state index contributed by atoms with van der Waals surface area (Å²) in [6, 6.07) is 15.1. The van der Waals surface area contributed by atoms with Gasteiger partial charge in [-0.15, -0.1) is 0 Å². The van der Waals surface area contributed by atoms with Crippen molar-refractivity contribution in [3.05, 3.63) is 65.5 Å². The van der Waals surface area contributed by atoms with Crippen LogP contribution in [0.15, 0.2) is 48.7 Å². The van der Waals surface area contributed by atoms with Gasteiger partial charge in [0.2, 0.25) is 0 Å². The summed E-state index contributed by atoms with van der Waals surface area (Å²) in [5.41, 5.74) is 4.34. The van der Waals surface area contributed by atoms with E-state index in [-0.39, 0.29) is 5.54 Å². The van der Waals surface area contributed by atoms with Crippen molar-refractivity contribution in [2.75, 3.05) is 0 Å². The molecule has 2 aromatic rings. The van der Waals surface area contributed by atoms with E-state index in [1.807, 2.05) is 6.20 Å².